The van der Waals surface area contributed by atoms with Crippen molar-refractivity contribution in [3.8, 4) is 11.5 Å². The topological polar surface area (TPSA) is 38.3 Å². The first-order valence-electron chi connectivity index (χ1n) is 8.79. The fourth-order valence-electron chi connectivity index (χ4n) is 2.62. The summed E-state index contributed by atoms with van der Waals surface area (Å²) >= 11 is 0. The van der Waals surface area contributed by atoms with Gasteiger partial charge in [-0.05, 0) is 50.1 Å². The number of aryl methyl sites for hydroxylation is 3. The summed E-state index contributed by atoms with van der Waals surface area (Å²) in [6, 6.07) is 23.6. The normalized spacial score (nSPS) is 10.4. The van der Waals surface area contributed by atoms with Crippen molar-refractivity contribution >= 4 is 11.6 Å². The molecular formula is C23H23NO2. The summed E-state index contributed by atoms with van der Waals surface area (Å²) in [6.07, 6.45) is 1.15. The lowest BCUT2D eigenvalue weighted by atomic mass is 10.1. The first kappa shape index (κ1) is 17.7. The summed E-state index contributed by atoms with van der Waals surface area (Å²) < 4.78 is 5.93. The minimum Gasteiger partial charge on any atom is -0.455 e. The molecule has 0 unspecified atom stereocenters. The van der Waals surface area contributed by atoms with Gasteiger partial charge in [0.2, 0.25) is 5.91 Å². The molecular weight excluding hydrogens is 322 g/mol. The minimum absolute atomic E-state index is 0.0227. The van der Waals surface area contributed by atoms with Gasteiger partial charge in [-0.25, -0.2) is 0 Å². The highest BCUT2D eigenvalue weighted by atomic mass is 16.5. The molecule has 0 aliphatic carbocycles. The summed E-state index contributed by atoms with van der Waals surface area (Å²) in [5.74, 6) is 1.36. The van der Waals surface area contributed by atoms with Gasteiger partial charge >= 0.3 is 0 Å². The molecule has 3 nitrogen and oxygen atoms in total. The van der Waals surface area contributed by atoms with E-state index in [0.29, 0.717) is 24.3 Å². The van der Waals surface area contributed by atoms with Gasteiger partial charge in [-0.1, -0.05) is 59.7 Å². The van der Waals surface area contributed by atoms with Crippen LogP contribution in [0.1, 0.15) is 23.1 Å². The number of hydrogen-bond donors (Lipinski definition) is 1. The van der Waals surface area contributed by atoms with Crippen molar-refractivity contribution in [3.05, 3.63) is 89.5 Å². The first-order valence-corrected chi connectivity index (χ1v) is 8.79. The maximum atomic E-state index is 12.3. The second-order valence-electron chi connectivity index (χ2n) is 6.45. The van der Waals surface area contributed by atoms with Gasteiger partial charge in [0.25, 0.3) is 0 Å². The Kier molecular flexibility index (Phi) is 5.69. The zero-order valence-electron chi connectivity index (χ0n) is 15.2. The second-order valence-corrected chi connectivity index (χ2v) is 6.45. The van der Waals surface area contributed by atoms with Crippen molar-refractivity contribution in [2.75, 3.05) is 5.32 Å². The third kappa shape index (κ3) is 4.96. The number of para-hydroxylation sites is 2. The highest BCUT2D eigenvalue weighted by Crippen LogP contribution is 2.29. The summed E-state index contributed by atoms with van der Waals surface area (Å²) in [5.41, 5.74) is 4.24. The molecule has 3 heteroatoms. The number of amides is 1. The van der Waals surface area contributed by atoms with Crippen molar-refractivity contribution in [3.63, 3.8) is 0 Å². The summed E-state index contributed by atoms with van der Waals surface area (Å²) in [5, 5.41) is 2.96. The van der Waals surface area contributed by atoms with E-state index in [2.05, 4.69) is 36.5 Å². The summed E-state index contributed by atoms with van der Waals surface area (Å²) in [6.45, 7) is 4.09. The molecule has 0 aliphatic heterocycles. The van der Waals surface area contributed by atoms with E-state index < -0.39 is 0 Å². The third-order valence-electron chi connectivity index (χ3n) is 4.17. The van der Waals surface area contributed by atoms with E-state index >= 15 is 0 Å². The number of ether oxygens (including phenoxy) is 1. The van der Waals surface area contributed by atoms with Crippen LogP contribution in [0.15, 0.2) is 72.8 Å². The van der Waals surface area contributed by atoms with Crippen LogP contribution >= 0.6 is 0 Å². The van der Waals surface area contributed by atoms with Crippen LogP contribution in [0.25, 0.3) is 0 Å². The van der Waals surface area contributed by atoms with Crippen LogP contribution in [0.5, 0.6) is 11.5 Å². The van der Waals surface area contributed by atoms with Gasteiger partial charge in [-0.2, -0.15) is 0 Å². The van der Waals surface area contributed by atoms with Crippen molar-refractivity contribution in [1.82, 2.24) is 0 Å². The lowest BCUT2D eigenvalue weighted by molar-refractivity contribution is -0.116. The number of carbonyl (C=O) groups excluding carboxylic acids is 1. The zero-order chi connectivity index (χ0) is 18.4. The number of carbonyl (C=O) groups is 1. The van der Waals surface area contributed by atoms with Gasteiger partial charge < -0.3 is 10.1 Å². The molecule has 0 atom stereocenters. The van der Waals surface area contributed by atoms with Crippen LogP contribution < -0.4 is 10.1 Å². The smallest absolute Gasteiger partial charge is 0.224 e. The SMILES string of the molecule is Cc1ccc(CCC(=O)Nc2ccccc2Oc2ccc(C)cc2)cc1. The van der Waals surface area contributed by atoms with Crippen LogP contribution in [-0.2, 0) is 11.2 Å². The van der Waals surface area contributed by atoms with Crippen LogP contribution in [0.4, 0.5) is 5.69 Å². The highest BCUT2D eigenvalue weighted by Gasteiger charge is 2.09. The van der Waals surface area contributed by atoms with Crippen LogP contribution in [0, 0.1) is 13.8 Å². The number of hydrogen-bond acceptors (Lipinski definition) is 2. The van der Waals surface area contributed by atoms with E-state index in [0.717, 1.165) is 11.3 Å². The zero-order valence-corrected chi connectivity index (χ0v) is 15.2. The molecule has 0 bridgehead atoms. The Morgan fingerprint density at radius 1 is 0.846 bits per heavy atom. The van der Waals surface area contributed by atoms with Crippen molar-refractivity contribution in [2.24, 2.45) is 0 Å². The largest absolute Gasteiger partial charge is 0.455 e. The van der Waals surface area contributed by atoms with Crippen LogP contribution in [-0.4, -0.2) is 5.91 Å². The maximum Gasteiger partial charge on any atom is 0.224 e. The molecule has 0 fully saturated rings. The predicted octanol–water partition coefficient (Wildman–Crippen LogP) is 5.67. The Bertz CT molecular complexity index is 867. The molecule has 0 saturated carbocycles. The van der Waals surface area contributed by atoms with E-state index in [1.54, 1.807) is 0 Å². The Labute approximate surface area is 154 Å². The lowest BCUT2D eigenvalue weighted by Crippen LogP contribution is -2.13. The maximum absolute atomic E-state index is 12.3. The second kappa shape index (κ2) is 8.34. The van der Waals surface area contributed by atoms with Crippen molar-refractivity contribution in [1.29, 1.82) is 0 Å². The van der Waals surface area contributed by atoms with E-state index in [1.807, 2.05) is 55.5 Å². The van der Waals surface area contributed by atoms with Gasteiger partial charge in [0.1, 0.15) is 5.75 Å². The fourth-order valence-corrected chi connectivity index (χ4v) is 2.62. The first-order chi connectivity index (χ1) is 12.6. The lowest BCUT2D eigenvalue weighted by Gasteiger charge is -2.12. The Morgan fingerprint density at radius 2 is 1.46 bits per heavy atom. The highest BCUT2D eigenvalue weighted by molar-refractivity contribution is 5.92. The molecule has 1 N–H and O–H groups in total. The Morgan fingerprint density at radius 3 is 2.15 bits per heavy atom. The Balaban J connectivity index is 1.62. The molecule has 0 aromatic heterocycles. The van der Waals surface area contributed by atoms with Crippen LogP contribution in [0.2, 0.25) is 0 Å². The van der Waals surface area contributed by atoms with Gasteiger partial charge in [-0.15, -0.1) is 0 Å². The average molecular weight is 345 g/mol. The Hall–Kier alpha value is -3.07. The molecule has 3 aromatic rings. The third-order valence-corrected chi connectivity index (χ3v) is 4.17. The van der Waals surface area contributed by atoms with E-state index in [1.165, 1.54) is 11.1 Å². The fraction of sp³-hybridized carbons (Fsp3) is 0.174. The van der Waals surface area contributed by atoms with Gasteiger partial charge in [-0.3, -0.25) is 4.79 Å². The van der Waals surface area contributed by atoms with Gasteiger partial charge in [0.15, 0.2) is 5.75 Å². The minimum atomic E-state index is -0.0227. The molecule has 0 spiro atoms. The van der Waals surface area contributed by atoms with Gasteiger partial charge in [0, 0.05) is 6.42 Å². The molecule has 3 aromatic carbocycles. The summed E-state index contributed by atoms with van der Waals surface area (Å²) in [4.78, 5) is 12.3. The van der Waals surface area contributed by atoms with E-state index in [4.69, 9.17) is 4.74 Å². The molecule has 1 amide bonds. The molecule has 0 aliphatic rings. The van der Waals surface area contributed by atoms with E-state index in [-0.39, 0.29) is 5.91 Å². The monoisotopic (exact) mass is 345 g/mol. The molecule has 0 saturated heterocycles. The number of anilines is 1. The van der Waals surface area contributed by atoms with Gasteiger partial charge in [0.05, 0.1) is 5.69 Å². The number of rotatable bonds is 6. The van der Waals surface area contributed by atoms with E-state index in [9.17, 15) is 4.79 Å². The quantitative estimate of drug-likeness (QED) is 0.625. The standard InChI is InChI=1S/C23H23NO2/c1-17-7-11-19(12-8-17)13-16-23(25)24-21-5-3-4-6-22(21)26-20-14-9-18(2)10-15-20/h3-12,14-15H,13,16H2,1-2H3,(H,24,25). The molecule has 26 heavy (non-hydrogen) atoms. The number of nitrogens with one attached hydrogen (secondary N) is 1. The summed E-state index contributed by atoms with van der Waals surface area (Å²) in [7, 11) is 0. The number of benzene rings is 3. The van der Waals surface area contributed by atoms with Crippen molar-refractivity contribution < 1.29 is 9.53 Å². The molecule has 0 radical (unpaired) electrons. The molecule has 0 heterocycles. The molecule has 3 rings (SSSR count). The predicted molar refractivity (Wildman–Crippen MR) is 106 cm³/mol. The average Bonchev–Trinajstić information content (AvgIpc) is 2.65. The van der Waals surface area contributed by atoms with Crippen molar-refractivity contribution in [2.45, 2.75) is 26.7 Å². The van der Waals surface area contributed by atoms with Crippen LogP contribution in [0.3, 0.4) is 0 Å². The molecule has 132 valence electrons.